The Morgan fingerprint density at radius 3 is 2.65 bits per heavy atom. The van der Waals surface area contributed by atoms with E-state index in [0.29, 0.717) is 23.3 Å². The number of pyridine rings is 1. The predicted octanol–water partition coefficient (Wildman–Crippen LogP) is 5.67. The number of halogens is 1. The van der Waals surface area contributed by atoms with Crippen LogP contribution in [0.15, 0.2) is 55.0 Å². The molecule has 1 aliphatic carbocycles. The van der Waals surface area contributed by atoms with Gasteiger partial charge >= 0.3 is 0 Å². The summed E-state index contributed by atoms with van der Waals surface area (Å²) in [5.74, 6) is 1.52. The van der Waals surface area contributed by atoms with E-state index in [9.17, 15) is 4.79 Å². The lowest BCUT2D eigenvalue weighted by molar-refractivity contribution is 0.00333. The molecule has 34 heavy (non-hydrogen) atoms. The minimum atomic E-state index is 0.0698. The molecule has 3 heterocycles. The van der Waals surface area contributed by atoms with Gasteiger partial charge < -0.3 is 10.2 Å². The number of amides is 1. The number of carbonyl (C=O) groups is 1. The molecule has 5 rings (SSSR count). The summed E-state index contributed by atoms with van der Waals surface area (Å²) >= 11 is 2.35. The smallest absolute Gasteiger partial charge is 0.254 e. The Kier molecular flexibility index (Phi) is 6.81. The molecule has 176 valence electrons. The first-order chi connectivity index (χ1) is 16.6. The Balaban J connectivity index is 1.41. The molecule has 2 fully saturated rings. The van der Waals surface area contributed by atoms with E-state index < -0.39 is 0 Å². The Bertz CT molecular complexity index is 1150. The maximum Gasteiger partial charge on any atom is 0.254 e. The van der Waals surface area contributed by atoms with Gasteiger partial charge in [0.2, 0.25) is 0 Å². The lowest BCUT2D eigenvalue weighted by atomic mass is 9.61. The van der Waals surface area contributed by atoms with Gasteiger partial charge in [-0.3, -0.25) is 4.79 Å². The van der Waals surface area contributed by atoms with E-state index in [1.165, 1.54) is 24.8 Å². The van der Waals surface area contributed by atoms with Crippen LogP contribution in [0, 0.1) is 12.3 Å². The monoisotopic (exact) mass is 567 g/mol. The molecule has 1 aliphatic heterocycles. The fourth-order valence-electron chi connectivity index (χ4n) is 5.29. The van der Waals surface area contributed by atoms with E-state index in [-0.39, 0.29) is 11.9 Å². The summed E-state index contributed by atoms with van der Waals surface area (Å²) < 4.78 is 0.947. The van der Waals surface area contributed by atoms with Crippen LogP contribution < -0.4 is 5.32 Å². The number of anilines is 1. The number of benzene rings is 1. The first-order valence-electron chi connectivity index (χ1n) is 12.0. The van der Waals surface area contributed by atoms with Gasteiger partial charge in [0, 0.05) is 47.7 Å². The summed E-state index contributed by atoms with van der Waals surface area (Å²) in [4.78, 5) is 29.5. The van der Waals surface area contributed by atoms with Crippen molar-refractivity contribution in [2.24, 2.45) is 5.41 Å². The highest BCUT2D eigenvalue weighted by molar-refractivity contribution is 14.1. The van der Waals surface area contributed by atoms with Crippen LogP contribution in [-0.2, 0) is 4.43 Å². The summed E-state index contributed by atoms with van der Waals surface area (Å²) in [6.07, 6.45) is 11.4. The number of hydrogen-bond acceptors (Lipinski definition) is 5. The third kappa shape index (κ3) is 4.80. The molecule has 7 heteroatoms. The van der Waals surface area contributed by atoms with Crippen LogP contribution in [0.1, 0.15) is 53.6 Å². The molecule has 2 aromatic heterocycles. The summed E-state index contributed by atoms with van der Waals surface area (Å²) in [6.45, 7) is 3.51. The fourth-order valence-corrected chi connectivity index (χ4v) is 5.74. The maximum absolute atomic E-state index is 14.0. The second-order valence-electron chi connectivity index (χ2n) is 9.65. The van der Waals surface area contributed by atoms with E-state index in [1.54, 1.807) is 18.5 Å². The standard InChI is InChI=1S/C27H30IN5O/c1-19-4-6-22(25-29-11-3-12-30-25)23(14-19)26(34)33-13-10-27(8-2-9-27)15-21(33)18-32-24-7-5-20(16-28)17-31-24/h3-7,11-12,14,17,21H,2,8-10,13,15-16,18H2,1H3,(H,31,32). The number of nitrogens with one attached hydrogen (secondary N) is 1. The first kappa shape index (κ1) is 23.2. The molecule has 1 saturated heterocycles. The first-order valence-corrected chi connectivity index (χ1v) is 13.5. The third-order valence-electron chi connectivity index (χ3n) is 7.38. The van der Waals surface area contributed by atoms with E-state index in [4.69, 9.17) is 0 Å². The maximum atomic E-state index is 14.0. The Hall–Kier alpha value is -2.55. The van der Waals surface area contributed by atoms with Crippen molar-refractivity contribution in [2.75, 3.05) is 18.4 Å². The number of carbonyl (C=O) groups excluding carboxylic acids is 1. The van der Waals surface area contributed by atoms with Gasteiger partial charge in [-0.1, -0.05) is 52.8 Å². The normalized spacial score (nSPS) is 19.0. The van der Waals surface area contributed by atoms with Crippen molar-refractivity contribution in [3.05, 3.63) is 71.7 Å². The molecule has 1 spiro atoms. The molecule has 0 radical (unpaired) electrons. The SMILES string of the molecule is Cc1ccc(-c2ncccn2)c(C(=O)N2CCC3(CCC3)CC2CNc2ccc(CI)cn2)c1. The third-order valence-corrected chi connectivity index (χ3v) is 8.26. The lowest BCUT2D eigenvalue weighted by Crippen LogP contribution is -2.54. The zero-order valence-corrected chi connectivity index (χ0v) is 21.7. The summed E-state index contributed by atoms with van der Waals surface area (Å²) in [7, 11) is 0. The molecule has 1 atom stereocenters. The minimum absolute atomic E-state index is 0.0698. The second kappa shape index (κ2) is 9.98. The van der Waals surface area contributed by atoms with Gasteiger partial charge in [-0.05, 0) is 61.8 Å². The van der Waals surface area contributed by atoms with Crippen molar-refractivity contribution in [1.29, 1.82) is 0 Å². The van der Waals surface area contributed by atoms with E-state index in [2.05, 4.69) is 53.8 Å². The Labute approximate surface area is 214 Å². The zero-order chi connectivity index (χ0) is 23.5. The highest BCUT2D eigenvalue weighted by atomic mass is 127. The molecule has 1 aromatic carbocycles. The topological polar surface area (TPSA) is 71.0 Å². The number of aromatic nitrogens is 3. The minimum Gasteiger partial charge on any atom is -0.368 e. The van der Waals surface area contributed by atoms with Crippen molar-refractivity contribution in [1.82, 2.24) is 19.9 Å². The molecule has 1 amide bonds. The highest BCUT2D eigenvalue weighted by Crippen LogP contribution is 2.50. The van der Waals surface area contributed by atoms with Crippen LogP contribution >= 0.6 is 22.6 Å². The molecule has 1 unspecified atom stereocenters. The molecule has 2 aliphatic rings. The summed E-state index contributed by atoms with van der Waals surface area (Å²) in [5.41, 5.74) is 4.15. The van der Waals surface area contributed by atoms with Gasteiger partial charge in [0.15, 0.2) is 5.82 Å². The predicted molar refractivity (Wildman–Crippen MR) is 143 cm³/mol. The molecule has 3 aromatic rings. The summed E-state index contributed by atoms with van der Waals surface area (Å²) in [6, 6.07) is 12.0. The number of alkyl halides is 1. The van der Waals surface area contributed by atoms with Gasteiger partial charge in [-0.25, -0.2) is 15.0 Å². The number of rotatable bonds is 6. The number of likely N-dealkylation sites (tertiary alicyclic amines) is 1. The largest absolute Gasteiger partial charge is 0.368 e. The molecule has 1 saturated carbocycles. The quantitative estimate of drug-likeness (QED) is 0.307. The van der Waals surface area contributed by atoms with Crippen LogP contribution in [0.25, 0.3) is 11.4 Å². The van der Waals surface area contributed by atoms with E-state index in [1.807, 2.05) is 37.4 Å². The molecule has 1 N–H and O–H groups in total. The highest BCUT2D eigenvalue weighted by Gasteiger charge is 2.45. The molecule has 6 nitrogen and oxygen atoms in total. The van der Waals surface area contributed by atoms with Crippen molar-refractivity contribution in [3.63, 3.8) is 0 Å². The lowest BCUT2D eigenvalue weighted by Gasteiger charge is -2.51. The van der Waals surface area contributed by atoms with Crippen molar-refractivity contribution in [2.45, 2.75) is 49.5 Å². The van der Waals surface area contributed by atoms with Crippen LogP contribution in [0.5, 0.6) is 0 Å². The van der Waals surface area contributed by atoms with Crippen LogP contribution in [0.3, 0.4) is 0 Å². The van der Waals surface area contributed by atoms with Crippen LogP contribution in [0.2, 0.25) is 0 Å². The molecular weight excluding hydrogens is 537 g/mol. The summed E-state index contributed by atoms with van der Waals surface area (Å²) in [5, 5.41) is 3.51. The van der Waals surface area contributed by atoms with Crippen molar-refractivity contribution < 1.29 is 4.79 Å². The zero-order valence-electron chi connectivity index (χ0n) is 19.5. The Morgan fingerprint density at radius 1 is 1.15 bits per heavy atom. The second-order valence-corrected chi connectivity index (χ2v) is 10.4. The van der Waals surface area contributed by atoms with Gasteiger partial charge in [0.05, 0.1) is 5.56 Å². The number of piperidine rings is 1. The number of hydrogen-bond donors (Lipinski definition) is 1. The van der Waals surface area contributed by atoms with Gasteiger partial charge in [0.1, 0.15) is 5.82 Å². The molecule has 0 bridgehead atoms. The average Bonchev–Trinajstić information content (AvgIpc) is 2.86. The molecular formula is C27H30IN5O. The van der Waals surface area contributed by atoms with E-state index >= 15 is 0 Å². The number of aryl methyl sites for hydroxylation is 1. The number of nitrogens with zero attached hydrogens (tertiary/aromatic N) is 4. The van der Waals surface area contributed by atoms with Gasteiger partial charge in [-0.2, -0.15) is 0 Å². The van der Waals surface area contributed by atoms with Crippen molar-refractivity contribution in [3.8, 4) is 11.4 Å². The average molecular weight is 567 g/mol. The van der Waals surface area contributed by atoms with Gasteiger partial charge in [-0.15, -0.1) is 0 Å². The van der Waals surface area contributed by atoms with Crippen molar-refractivity contribution >= 4 is 34.3 Å². The van der Waals surface area contributed by atoms with Gasteiger partial charge in [0.25, 0.3) is 5.91 Å². The fraction of sp³-hybridized carbons (Fsp3) is 0.407. The van der Waals surface area contributed by atoms with Crippen LogP contribution in [-0.4, -0.2) is 44.9 Å². The van der Waals surface area contributed by atoms with E-state index in [0.717, 1.165) is 40.8 Å². The van der Waals surface area contributed by atoms with Crippen LogP contribution in [0.4, 0.5) is 5.82 Å². The Morgan fingerprint density at radius 2 is 1.97 bits per heavy atom.